The van der Waals surface area contributed by atoms with E-state index in [1.54, 1.807) is 0 Å². The quantitative estimate of drug-likeness (QED) is 0.839. The van der Waals surface area contributed by atoms with Crippen molar-refractivity contribution in [3.05, 3.63) is 58.3 Å². The standard InChI is InChI=1S/C17H20FN3O3/c1-17(2,9-10-22)11-19-16(24)14-7-8-15(23)21(20-14)13-5-3-12(18)4-6-13/h3-8,22H,9-11H2,1-2H3,(H,19,24). The molecule has 7 heteroatoms. The van der Waals surface area contributed by atoms with Gasteiger partial charge in [-0.3, -0.25) is 9.59 Å². The highest BCUT2D eigenvalue weighted by Gasteiger charge is 2.19. The number of nitrogens with one attached hydrogen (secondary N) is 1. The summed E-state index contributed by atoms with van der Waals surface area (Å²) in [4.78, 5) is 24.2. The Morgan fingerprint density at radius 1 is 1.25 bits per heavy atom. The van der Waals surface area contributed by atoms with Gasteiger partial charge in [-0.05, 0) is 42.2 Å². The number of halogens is 1. The molecule has 128 valence electrons. The van der Waals surface area contributed by atoms with Crippen molar-refractivity contribution in [2.75, 3.05) is 13.2 Å². The second kappa shape index (κ2) is 7.35. The van der Waals surface area contributed by atoms with E-state index in [0.717, 1.165) is 4.68 Å². The van der Waals surface area contributed by atoms with Crippen LogP contribution in [-0.2, 0) is 0 Å². The average Bonchev–Trinajstić information content (AvgIpc) is 2.54. The van der Waals surface area contributed by atoms with Crippen molar-refractivity contribution >= 4 is 5.91 Å². The molecule has 2 rings (SSSR count). The van der Waals surface area contributed by atoms with Crippen molar-refractivity contribution in [1.29, 1.82) is 0 Å². The fraction of sp³-hybridized carbons (Fsp3) is 0.353. The van der Waals surface area contributed by atoms with Crippen molar-refractivity contribution in [3.63, 3.8) is 0 Å². The molecule has 6 nitrogen and oxygen atoms in total. The molecule has 0 atom stereocenters. The van der Waals surface area contributed by atoms with Gasteiger partial charge in [-0.2, -0.15) is 9.78 Å². The number of benzene rings is 1. The Labute approximate surface area is 138 Å². The third kappa shape index (κ3) is 4.48. The Hall–Kier alpha value is -2.54. The number of aliphatic hydroxyl groups excluding tert-OH is 1. The molecule has 0 aliphatic heterocycles. The zero-order chi connectivity index (χ0) is 17.7. The molecular formula is C17H20FN3O3. The topological polar surface area (TPSA) is 84.2 Å². The number of carbonyl (C=O) groups excluding carboxylic acids is 1. The van der Waals surface area contributed by atoms with Gasteiger partial charge in [0.15, 0.2) is 0 Å². The molecule has 0 aliphatic carbocycles. The Kier molecular flexibility index (Phi) is 5.46. The molecule has 0 saturated carbocycles. The molecule has 0 aliphatic rings. The van der Waals surface area contributed by atoms with Crippen LogP contribution in [0.15, 0.2) is 41.2 Å². The largest absolute Gasteiger partial charge is 0.396 e. The van der Waals surface area contributed by atoms with Crippen LogP contribution in [0.4, 0.5) is 4.39 Å². The minimum atomic E-state index is -0.424. The lowest BCUT2D eigenvalue weighted by molar-refractivity contribution is 0.0921. The maximum atomic E-state index is 13.0. The van der Waals surface area contributed by atoms with E-state index in [1.165, 1.54) is 36.4 Å². The van der Waals surface area contributed by atoms with E-state index in [-0.39, 0.29) is 17.7 Å². The Bertz CT molecular complexity index is 769. The molecule has 0 radical (unpaired) electrons. The lowest BCUT2D eigenvalue weighted by Gasteiger charge is -2.23. The molecule has 2 aromatic rings. The van der Waals surface area contributed by atoms with E-state index in [9.17, 15) is 14.0 Å². The van der Waals surface area contributed by atoms with Gasteiger partial charge in [0.25, 0.3) is 11.5 Å². The summed E-state index contributed by atoms with van der Waals surface area (Å²) in [6.07, 6.45) is 0.551. The van der Waals surface area contributed by atoms with E-state index in [0.29, 0.717) is 18.7 Å². The first kappa shape index (κ1) is 17.8. The lowest BCUT2D eigenvalue weighted by Crippen LogP contribution is -2.36. The van der Waals surface area contributed by atoms with Crippen molar-refractivity contribution in [2.45, 2.75) is 20.3 Å². The van der Waals surface area contributed by atoms with Crippen LogP contribution in [0.25, 0.3) is 5.69 Å². The van der Waals surface area contributed by atoms with Crippen molar-refractivity contribution in [2.24, 2.45) is 5.41 Å². The smallest absolute Gasteiger partial charge is 0.271 e. The highest BCUT2D eigenvalue weighted by Crippen LogP contribution is 2.18. The van der Waals surface area contributed by atoms with Crippen LogP contribution in [0.2, 0.25) is 0 Å². The van der Waals surface area contributed by atoms with E-state index in [2.05, 4.69) is 10.4 Å². The van der Waals surface area contributed by atoms with Crippen LogP contribution in [0.3, 0.4) is 0 Å². The predicted molar refractivity (Wildman–Crippen MR) is 87.6 cm³/mol. The predicted octanol–water partition coefficient (Wildman–Crippen LogP) is 1.51. The van der Waals surface area contributed by atoms with Gasteiger partial charge < -0.3 is 10.4 Å². The summed E-state index contributed by atoms with van der Waals surface area (Å²) in [7, 11) is 0. The van der Waals surface area contributed by atoms with Crippen molar-refractivity contribution in [1.82, 2.24) is 15.1 Å². The Morgan fingerprint density at radius 3 is 2.54 bits per heavy atom. The van der Waals surface area contributed by atoms with E-state index < -0.39 is 17.3 Å². The fourth-order valence-electron chi connectivity index (χ4n) is 2.10. The summed E-state index contributed by atoms with van der Waals surface area (Å²) in [6.45, 7) is 4.26. The zero-order valence-corrected chi connectivity index (χ0v) is 13.6. The molecule has 0 spiro atoms. The highest BCUT2D eigenvalue weighted by atomic mass is 19.1. The number of hydrogen-bond donors (Lipinski definition) is 2. The highest BCUT2D eigenvalue weighted by molar-refractivity contribution is 5.92. The summed E-state index contributed by atoms with van der Waals surface area (Å²) in [6, 6.07) is 7.84. The van der Waals surface area contributed by atoms with E-state index in [4.69, 9.17) is 5.11 Å². The Morgan fingerprint density at radius 2 is 1.92 bits per heavy atom. The van der Waals surface area contributed by atoms with E-state index in [1.807, 2.05) is 13.8 Å². The van der Waals surface area contributed by atoms with Gasteiger partial charge in [-0.15, -0.1) is 0 Å². The Balaban J connectivity index is 2.20. The SMILES string of the molecule is CC(C)(CCO)CNC(=O)c1ccc(=O)n(-c2ccc(F)cc2)n1. The van der Waals surface area contributed by atoms with Gasteiger partial charge in [-0.25, -0.2) is 4.39 Å². The minimum Gasteiger partial charge on any atom is -0.396 e. The van der Waals surface area contributed by atoms with Gasteiger partial charge in [0.1, 0.15) is 11.5 Å². The summed E-state index contributed by atoms with van der Waals surface area (Å²) < 4.78 is 14.0. The van der Waals surface area contributed by atoms with Crippen LogP contribution >= 0.6 is 0 Å². The molecule has 0 unspecified atom stereocenters. The number of carbonyl (C=O) groups is 1. The molecule has 0 fully saturated rings. The number of amides is 1. The molecule has 2 N–H and O–H groups in total. The maximum Gasteiger partial charge on any atom is 0.271 e. The number of aromatic nitrogens is 2. The number of nitrogens with zero attached hydrogens (tertiary/aromatic N) is 2. The molecule has 0 saturated heterocycles. The van der Waals surface area contributed by atoms with Gasteiger partial charge in [-0.1, -0.05) is 13.8 Å². The third-order valence-electron chi connectivity index (χ3n) is 3.62. The fourth-order valence-corrected chi connectivity index (χ4v) is 2.10. The summed E-state index contributed by atoms with van der Waals surface area (Å²) >= 11 is 0. The third-order valence-corrected chi connectivity index (χ3v) is 3.62. The summed E-state index contributed by atoms with van der Waals surface area (Å²) in [5, 5.41) is 15.8. The molecular weight excluding hydrogens is 313 g/mol. The summed E-state index contributed by atoms with van der Waals surface area (Å²) in [5.74, 6) is -0.844. The maximum absolute atomic E-state index is 13.0. The average molecular weight is 333 g/mol. The van der Waals surface area contributed by atoms with Gasteiger partial charge >= 0.3 is 0 Å². The molecule has 1 amide bonds. The van der Waals surface area contributed by atoms with E-state index >= 15 is 0 Å². The molecule has 1 aromatic heterocycles. The number of hydrogen-bond acceptors (Lipinski definition) is 4. The number of rotatable bonds is 6. The summed E-state index contributed by atoms with van der Waals surface area (Å²) in [5.41, 5.74) is -0.218. The van der Waals surface area contributed by atoms with Crippen LogP contribution in [0.1, 0.15) is 30.8 Å². The second-order valence-corrected chi connectivity index (χ2v) is 6.27. The van der Waals surface area contributed by atoms with Gasteiger partial charge in [0, 0.05) is 19.2 Å². The first-order valence-electron chi connectivity index (χ1n) is 7.58. The van der Waals surface area contributed by atoms with Crippen molar-refractivity contribution in [3.8, 4) is 5.69 Å². The first-order chi connectivity index (χ1) is 11.3. The van der Waals surface area contributed by atoms with Gasteiger partial charge in [0.05, 0.1) is 5.69 Å². The minimum absolute atomic E-state index is 0.0383. The molecule has 24 heavy (non-hydrogen) atoms. The molecule has 1 aromatic carbocycles. The van der Waals surface area contributed by atoms with Crippen LogP contribution < -0.4 is 10.9 Å². The van der Waals surface area contributed by atoms with Gasteiger partial charge in [0.2, 0.25) is 0 Å². The monoisotopic (exact) mass is 333 g/mol. The second-order valence-electron chi connectivity index (χ2n) is 6.27. The normalized spacial score (nSPS) is 11.3. The van der Waals surface area contributed by atoms with Crippen LogP contribution in [0.5, 0.6) is 0 Å². The van der Waals surface area contributed by atoms with Crippen LogP contribution in [0, 0.1) is 11.2 Å². The van der Waals surface area contributed by atoms with Crippen LogP contribution in [-0.4, -0.2) is 33.9 Å². The zero-order valence-electron chi connectivity index (χ0n) is 13.6. The molecule has 1 heterocycles. The first-order valence-corrected chi connectivity index (χ1v) is 7.58. The molecule has 0 bridgehead atoms. The van der Waals surface area contributed by atoms with Crippen molar-refractivity contribution < 1.29 is 14.3 Å². The lowest BCUT2D eigenvalue weighted by atomic mass is 9.90. The number of aliphatic hydroxyl groups is 1.